The molecule has 1 atom stereocenters. The van der Waals surface area contributed by atoms with E-state index < -0.39 is 24.7 Å². The molecule has 5 heteroatoms. The quantitative estimate of drug-likeness (QED) is 0.910. The number of halogens is 2. The van der Waals surface area contributed by atoms with Crippen LogP contribution in [0.5, 0.6) is 0 Å². The van der Waals surface area contributed by atoms with E-state index in [1.165, 1.54) is 0 Å². The number of alkyl halides is 2. The fourth-order valence-corrected chi connectivity index (χ4v) is 2.21. The van der Waals surface area contributed by atoms with E-state index in [1.54, 1.807) is 29.9 Å². The molecule has 0 spiro atoms. The third kappa shape index (κ3) is 2.20. The van der Waals surface area contributed by atoms with Gasteiger partial charge >= 0.3 is 5.97 Å². The zero-order chi connectivity index (χ0) is 13.3. The van der Waals surface area contributed by atoms with E-state index in [0.717, 1.165) is 5.39 Å². The highest BCUT2D eigenvalue weighted by molar-refractivity contribution is 5.84. The molecule has 0 fully saturated rings. The number of fused-ring (bicyclic) bond motifs is 1. The lowest BCUT2D eigenvalue weighted by atomic mass is 9.94. The van der Waals surface area contributed by atoms with Crippen LogP contribution in [0.4, 0.5) is 8.78 Å². The highest BCUT2D eigenvalue weighted by Crippen LogP contribution is 2.32. The molecule has 2 rings (SSSR count). The number of carbonyl (C=O) groups is 1. The van der Waals surface area contributed by atoms with Crippen molar-refractivity contribution in [3.63, 3.8) is 0 Å². The van der Waals surface area contributed by atoms with E-state index in [1.807, 2.05) is 12.1 Å². The van der Waals surface area contributed by atoms with Crippen LogP contribution in [0.25, 0.3) is 10.9 Å². The number of aryl methyl sites for hydroxylation is 1. The van der Waals surface area contributed by atoms with Gasteiger partial charge in [0.25, 0.3) is 0 Å². The Morgan fingerprint density at radius 2 is 2.11 bits per heavy atom. The summed E-state index contributed by atoms with van der Waals surface area (Å²) in [5.41, 5.74) is 1.06. The molecule has 0 aliphatic heterocycles. The van der Waals surface area contributed by atoms with Crippen molar-refractivity contribution in [3.8, 4) is 0 Å². The highest BCUT2D eigenvalue weighted by atomic mass is 19.3. The minimum absolute atomic E-state index is 0.386. The van der Waals surface area contributed by atoms with Crippen molar-refractivity contribution in [1.82, 2.24) is 4.57 Å². The largest absolute Gasteiger partial charge is 0.481 e. The van der Waals surface area contributed by atoms with Gasteiger partial charge in [0, 0.05) is 13.2 Å². The van der Waals surface area contributed by atoms with E-state index in [0.29, 0.717) is 11.1 Å². The van der Waals surface area contributed by atoms with Crippen molar-refractivity contribution in [2.24, 2.45) is 7.05 Å². The average molecular weight is 253 g/mol. The monoisotopic (exact) mass is 253 g/mol. The minimum Gasteiger partial charge on any atom is -0.481 e. The number of aromatic nitrogens is 1. The number of benzene rings is 1. The van der Waals surface area contributed by atoms with E-state index >= 15 is 0 Å². The van der Waals surface area contributed by atoms with Crippen molar-refractivity contribution in [2.45, 2.75) is 18.8 Å². The number of rotatable bonds is 4. The predicted octanol–water partition coefficient (Wildman–Crippen LogP) is 3.00. The summed E-state index contributed by atoms with van der Waals surface area (Å²) in [7, 11) is 1.76. The molecule has 1 aromatic carbocycles. The first-order chi connectivity index (χ1) is 8.50. The minimum atomic E-state index is -2.69. The fourth-order valence-electron chi connectivity index (χ4n) is 2.21. The topological polar surface area (TPSA) is 42.2 Å². The normalized spacial score (nSPS) is 13.1. The molecule has 1 aromatic heterocycles. The molecular weight excluding hydrogens is 240 g/mol. The van der Waals surface area contributed by atoms with Gasteiger partial charge in [-0.3, -0.25) is 4.79 Å². The summed E-state index contributed by atoms with van der Waals surface area (Å²) < 4.78 is 27.8. The standard InChI is InChI=1S/C13H13F2NO2/c1-16-6-5-8-3-2-4-9(12(8)16)10(13(14)15)7-11(17)18/h2-6,10,13H,7H2,1H3,(H,17,18). The number of nitrogens with zero attached hydrogens (tertiary/aromatic N) is 1. The van der Waals surface area contributed by atoms with Crippen LogP contribution >= 0.6 is 0 Å². The van der Waals surface area contributed by atoms with Crippen molar-refractivity contribution in [1.29, 1.82) is 0 Å². The zero-order valence-electron chi connectivity index (χ0n) is 9.81. The Labute approximate surface area is 103 Å². The number of para-hydroxylation sites is 1. The Morgan fingerprint density at radius 1 is 1.39 bits per heavy atom. The van der Waals surface area contributed by atoms with Gasteiger partial charge in [-0.15, -0.1) is 0 Å². The number of hydrogen-bond donors (Lipinski definition) is 1. The number of carboxylic acids is 1. The lowest BCUT2D eigenvalue weighted by Crippen LogP contribution is -2.15. The van der Waals surface area contributed by atoms with Crippen LogP contribution in [-0.2, 0) is 11.8 Å². The van der Waals surface area contributed by atoms with Gasteiger partial charge in [0.2, 0.25) is 6.43 Å². The maximum Gasteiger partial charge on any atom is 0.304 e. The number of hydrogen-bond acceptors (Lipinski definition) is 1. The molecule has 2 aromatic rings. The molecule has 96 valence electrons. The first-order valence-corrected chi connectivity index (χ1v) is 5.54. The summed E-state index contributed by atoms with van der Waals surface area (Å²) in [6.07, 6.45) is -1.49. The van der Waals surface area contributed by atoms with Gasteiger partial charge in [-0.1, -0.05) is 18.2 Å². The van der Waals surface area contributed by atoms with Gasteiger partial charge in [0.15, 0.2) is 0 Å². The highest BCUT2D eigenvalue weighted by Gasteiger charge is 2.27. The molecule has 3 nitrogen and oxygen atoms in total. The Hall–Kier alpha value is -1.91. The average Bonchev–Trinajstić information content (AvgIpc) is 2.68. The summed E-state index contributed by atoms with van der Waals surface area (Å²) in [5.74, 6) is -2.49. The molecule has 1 unspecified atom stereocenters. The second kappa shape index (κ2) is 4.76. The van der Waals surface area contributed by atoms with Crippen LogP contribution in [0.15, 0.2) is 30.5 Å². The Morgan fingerprint density at radius 3 is 2.72 bits per heavy atom. The van der Waals surface area contributed by atoms with Gasteiger partial charge in [-0.05, 0) is 17.0 Å². The van der Waals surface area contributed by atoms with Crippen molar-refractivity contribution in [3.05, 3.63) is 36.0 Å². The summed E-state index contributed by atoms with van der Waals surface area (Å²) >= 11 is 0. The molecule has 0 aliphatic rings. The second-order valence-corrected chi connectivity index (χ2v) is 4.25. The first kappa shape index (κ1) is 12.5. The zero-order valence-corrected chi connectivity index (χ0v) is 9.81. The van der Waals surface area contributed by atoms with Crippen molar-refractivity contribution < 1.29 is 18.7 Å². The van der Waals surface area contributed by atoms with Crippen LogP contribution < -0.4 is 0 Å². The molecule has 0 aliphatic carbocycles. The van der Waals surface area contributed by atoms with Gasteiger partial charge in [0.1, 0.15) is 0 Å². The number of carboxylic acid groups (broad SMARTS) is 1. The maximum atomic E-state index is 13.0. The summed E-state index contributed by atoms with van der Waals surface area (Å²) in [6.45, 7) is 0. The molecule has 0 amide bonds. The third-order valence-electron chi connectivity index (χ3n) is 3.03. The molecular formula is C13H13F2NO2. The first-order valence-electron chi connectivity index (χ1n) is 5.54. The van der Waals surface area contributed by atoms with Crippen LogP contribution in [0.1, 0.15) is 17.9 Å². The fraction of sp³-hybridized carbons (Fsp3) is 0.308. The SMILES string of the molecule is Cn1ccc2cccc(C(CC(=O)O)C(F)F)c21. The number of aliphatic carboxylic acids is 1. The van der Waals surface area contributed by atoms with Crippen molar-refractivity contribution >= 4 is 16.9 Å². The maximum absolute atomic E-state index is 13.0. The Balaban J connectivity index is 2.56. The lowest BCUT2D eigenvalue weighted by molar-refractivity contribution is -0.138. The van der Waals surface area contributed by atoms with Crippen LogP contribution in [-0.4, -0.2) is 22.1 Å². The molecule has 0 saturated heterocycles. The molecule has 0 bridgehead atoms. The van der Waals surface area contributed by atoms with E-state index in [4.69, 9.17) is 5.11 Å². The van der Waals surface area contributed by atoms with E-state index in [9.17, 15) is 13.6 Å². The molecule has 18 heavy (non-hydrogen) atoms. The van der Waals surface area contributed by atoms with Crippen LogP contribution in [0.3, 0.4) is 0 Å². The van der Waals surface area contributed by atoms with Crippen LogP contribution in [0.2, 0.25) is 0 Å². The predicted molar refractivity (Wildman–Crippen MR) is 63.9 cm³/mol. The van der Waals surface area contributed by atoms with E-state index in [-0.39, 0.29) is 0 Å². The third-order valence-corrected chi connectivity index (χ3v) is 3.03. The Bertz CT molecular complexity index is 577. The summed E-state index contributed by atoms with van der Waals surface area (Å²) in [5, 5.41) is 9.58. The summed E-state index contributed by atoms with van der Waals surface area (Å²) in [4.78, 5) is 10.7. The Kier molecular flexibility index (Phi) is 3.32. The van der Waals surface area contributed by atoms with Gasteiger partial charge < -0.3 is 9.67 Å². The van der Waals surface area contributed by atoms with Crippen LogP contribution in [0, 0.1) is 0 Å². The molecule has 1 heterocycles. The summed E-state index contributed by atoms with van der Waals surface area (Å²) in [6, 6.07) is 6.89. The van der Waals surface area contributed by atoms with Crippen molar-refractivity contribution in [2.75, 3.05) is 0 Å². The van der Waals surface area contributed by atoms with E-state index in [2.05, 4.69) is 0 Å². The van der Waals surface area contributed by atoms with Gasteiger partial charge in [0.05, 0.1) is 17.9 Å². The lowest BCUT2D eigenvalue weighted by Gasteiger charge is -2.16. The molecule has 1 N–H and O–H groups in total. The second-order valence-electron chi connectivity index (χ2n) is 4.25. The molecule has 0 saturated carbocycles. The smallest absolute Gasteiger partial charge is 0.304 e. The molecule has 0 radical (unpaired) electrons. The van der Waals surface area contributed by atoms with Gasteiger partial charge in [-0.2, -0.15) is 0 Å². The van der Waals surface area contributed by atoms with Gasteiger partial charge in [-0.25, -0.2) is 8.78 Å².